The van der Waals surface area contributed by atoms with Crippen molar-refractivity contribution in [1.29, 1.82) is 0 Å². The van der Waals surface area contributed by atoms with Crippen LogP contribution in [0.5, 0.6) is 0 Å². The molecule has 0 bridgehead atoms. The maximum absolute atomic E-state index is 5.77. The van der Waals surface area contributed by atoms with Crippen LogP contribution >= 0.6 is 12.2 Å². The van der Waals surface area contributed by atoms with Gasteiger partial charge in [0, 0.05) is 18.8 Å². The van der Waals surface area contributed by atoms with Crippen molar-refractivity contribution in [2.75, 3.05) is 26.7 Å². The summed E-state index contributed by atoms with van der Waals surface area (Å²) in [5, 5.41) is 0. The molecule has 5 heteroatoms. The van der Waals surface area contributed by atoms with Gasteiger partial charge in [-0.1, -0.05) is 26.1 Å². The summed E-state index contributed by atoms with van der Waals surface area (Å²) in [5.41, 5.74) is 1.15. The van der Waals surface area contributed by atoms with E-state index < -0.39 is 0 Å². The number of hydrogen-bond donors (Lipinski definition) is 1. The summed E-state index contributed by atoms with van der Waals surface area (Å²) >= 11 is 5.24. The molecule has 0 aliphatic carbocycles. The maximum atomic E-state index is 5.77. The van der Waals surface area contributed by atoms with Gasteiger partial charge in [-0.05, 0) is 25.5 Å². The van der Waals surface area contributed by atoms with Gasteiger partial charge < -0.3 is 14.6 Å². The highest BCUT2D eigenvalue weighted by Crippen LogP contribution is 2.19. The predicted molar refractivity (Wildman–Crippen MR) is 74.2 cm³/mol. The second kappa shape index (κ2) is 5.91. The second-order valence-corrected chi connectivity index (χ2v) is 5.77. The Kier molecular flexibility index (Phi) is 4.48. The minimum atomic E-state index is 0.0116. The quantitative estimate of drug-likeness (QED) is 0.854. The maximum Gasteiger partial charge on any atom is 0.138 e. The largest absolute Gasteiger partial charge is 0.368 e. The van der Waals surface area contributed by atoms with Crippen molar-refractivity contribution in [2.24, 2.45) is 5.92 Å². The monoisotopic (exact) mass is 267 g/mol. The zero-order valence-corrected chi connectivity index (χ0v) is 12.1. The van der Waals surface area contributed by atoms with Gasteiger partial charge in [-0.2, -0.15) is 0 Å². The zero-order chi connectivity index (χ0) is 13.1. The van der Waals surface area contributed by atoms with Crippen molar-refractivity contribution in [3.63, 3.8) is 0 Å². The van der Waals surface area contributed by atoms with Crippen LogP contribution in [0.25, 0.3) is 0 Å². The first-order chi connectivity index (χ1) is 8.54. The number of likely N-dealkylation sites (N-methyl/N-ethyl adjacent to an activating group) is 1. The van der Waals surface area contributed by atoms with Gasteiger partial charge in [-0.3, -0.25) is 0 Å². The number of hydrogen-bond acceptors (Lipinski definition) is 4. The fraction of sp³-hybridized carbons (Fsp3) is 0.692. The van der Waals surface area contributed by atoms with Gasteiger partial charge in [-0.25, -0.2) is 4.98 Å². The Morgan fingerprint density at radius 2 is 2.39 bits per heavy atom. The summed E-state index contributed by atoms with van der Waals surface area (Å²) in [6, 6.07) is 1.95. The Morgan fingerprint density at radius 1 is 1.61 bits per heavy atom. The lowest BCUT2D eigenvalue weighted by Crippen LogP contribution is -2.36. The molecule has 1 fully saturated rings. The molecule has 0 amide bonds. The molecule has 4 nitrogen and oxygen atoms in total. The molecule has 1 atom stereocenters. The normalized spacial score (nSPS) is 21.4. The van der Waals surface area contributed by atoms with Crippen LogP contribution in [0.4, 0.5) is 0 Å². The Balaban J connectivity index is 2.21. The first-order valence-electron chi connectivity index (χ1n) is 6.45. The molecule has 1 aromatic heterocycles. The lowest BCUT2D eigenvalue weighted by Gasteiger charge is -2.29. The second-order valence-electron chi connectivity index (χ2n) is 5.35. The lowest BCUT2D eigenvalue weighted by molar-refractivity contribution is -0.0256. The van der Waals surface area contributed by atoms with Gasteiger partial charge in [0.05, 0.1) is 6.61 Å². The van der Waals surface area contributed by atoms with Crippen LogP contribution in [0, 0.1) is 10.6 Å². The molecule has 0 saturated carbocycles. The molecule has 18 heavy (non-hydrogen) atoms. The standard InChI is InChI=1S/C13H21N3OS/c1-9(2)6-10-7-12(18)15-13(14-10)11-8-16(3)4-5-17-11/h7,9,11H,4-6,8H2,1-3H3,(H,14,15,18). The van der Waals surface area contributed by atoms with E-state index in [0.29, 0.717) is 10.6 Å². The van der Waals surface area contributed by atoms with Crippen molar-refractivity contribution in [2.45, 2.75) is 26.4 Å². The molecule has 100 valence electrons. The SMILES string of the molecule is CC(C)Cc1cc(=S)nc(C2CN(C)CCO2)[nH]1. The Labute approximate surface area is 113 Å². The van der Waals surface area contributed by atoms with Gasteiger partial charge in [0.1, 0.15) is 16.6 Å². The molecular weight excluding hydrogens is 246 g/mol. The number of aromatic amines is 1. The van der Waals surface area contributed by atoms with E-state index in [1.807, 2.05) is 6.07 Å². The summed E-state index contributed by atoms with van der Waals surface area (Å²) in [5.74, 6) is 1.46. The number of aromatic nitrogens is 2. The van der Waals surface area contributed by atoms with Crippen molar-refractivity contribution in [3.05, 3.63) is 22.2 Å². The smallest absolute Gasteiger partial charge is 0.138 e. The lowest BCUT2D eigenvalue weighted by atomic mass is 10.1. The van der Waals surface area contributed by atoms with Crippen LogP contribution < -0.4 is 0 Å². The molecule has 0 spiro atoms. The highest BCUT2D eigenvalue weighted by molar-refractivity contribution is 7.71. The zero-order valence-electron chi connectivity index (χ0n) is 11.3. The average molecular weight is 267 g/mol. The van der Waals surface area contributed by atoms with Gasteiger partial charge in [-0.15, -0.1) is 0 Å². The molecule has 1 unspecified atom stereocenters. The van der Waals surface area contributed by atoms with E-state index in [2.05, 4.69) is 35.8 Å². The Bertz CT molecular complexity index is 458. The van der Waals surface area contributed by atoms with E-state index in [4.69, 9.17) is 17.0 Å². The molecule has 1 N–H and O–H groups in total. The third kappa shape index (κ3) is 3.60. The average Bonchev–Trinajstić information content (AvgIpc) is 2.27. The van der Waals surface area contributed by atoms with Gasteiger partial charge in [0.2, 0.25) is 0 Å². The topological polar surface area (TPSA) is 41.2 Å². The minimum Gasteiger partial charge on any atom is -0.368 e. The summed E-state index contributed by atoms with van der Waals surface area (Å²) in [6.07, 6.45) is 0.999. The van der Waals surface area contributed by atoms with Gasteiger partial charge in [0.25, 0.3) is 0 Å². The van der Waals surface area contributed by atoms with E-state index in [0.717, 1.165) is 37.6 Å². The van der Waals surface area contributed by atoms with E-state index in [-0.39, 0.29) is 6.10 Å². The van der Waals surface area contributed by atoms with E-state index in [9.17, 15) is 0 Å². The van der Waals surface area contributed by atoms with Crippen LogP contribution in [-0.4, -0.2) is 41.6 Å². The predicted octanol–water partition coefficient (Wildman–Crippen LogP) is 2.34. The number of nitrogens with one attached hydrogen (secondary N) is 1. The van der Waals surface area contributed by atoms with E-state index >= 15 is 0 Å². The minimum absolute atomic E-state index is 0.0116. The fourth-order valence-corrected chi connectivity index (χ4v) is 2.41. The van der Waals surface area contributed by atoms with Crippen molar-refractivity contribution >= 4 is 12.2 Å². The highest BCUT2D eigenvalue weighted by Gasteiger charge is 2.21. The number of morpholine rings is 1. The van der Waals surface area contributed by atoms with Crippen LogP contribution in [0.3, 0.4) is 0 Å². The van der Waals surface area contributed by atoms with Crippen molar-refractivity contribution in [3.8, 4) is 0 Å². The molecular formula is C13H21N3OS. The van der Waals surface area contributed by atoms with Gasteiger partial charge in [0.15, 0.2) is 0 Å². The van der Waals surface area contributed by atoms with Crippen LogP contribution in [0.1, 0.15) is 31.5 Å². The third-order valence-electron chi connectivity index (χ3n) is 3.02. The van der Waals surface area contributed by atoms with Crippen molar-refractivity contribution in [1.82, 2.24) is 14.9 Å². The number of rotatable bonds is 3. The van der Waals surface area contributed by atoms with Crippen molar-refractivity contribution < 1.29 is 4.74 Å². The molecule has 2 heterocycles. The molecule has 0 radical (unpaired) electrons. The first-order valence-corrected chi connectivity index (χ1v) is 6.85. The molecule has 2 rings (SSSR count). The summed E-state index contributed by atoms with van der Waals surface area (Å²) in [6.45, 7) is 6.98. The molecule has 1 saturated heterocycles. The van der Waals surface area contributed by atoms with Crippen LogP contribution in [0.15, 0.2) is 6.07 Å². The summed E-state index contributed by atoms with van der Waals surface area (Å²) in [4.78, 5) is 10.0. The molecule has 0 aromatic carbocycles. The number of nitrogens with zero attached hydrogens (tertiary/aromatic N) is 2. The van der Waals surface area contributed by atoms with Crippen LogP contribution in [-0.2, 0) is 11.2 Å². The van der Waals surface area contributed by atoms with Crippen LogP contribution in [0.2, 0.25) is 0 Å². The number of H-pyrrole nitrogens is 1. The van der Waals surface area contributed by atoms with E-state index in [1.54, 1.807) is 0 Å². The third-order valence-corrected chi connectivity index (χ3v) is 3.23. The van der Waals surface area contributed by atoms with E-state index in [1.165, 1.54) is 0 Å². The first kappa shape index (κ1) is 13.6. The Morgan fingerprint density at radius 3 is 3.06 bits per heavy atom. The summed E-state index contributed by atoms with van der Waals surface area (Å²) < 4.78 is 6.42. The van der Waals surface area contributed by atoms with Gasteiger partial charge >= 0.3 is 0 Å². The summed E-state index contributed by atoms with van der Waals surface area (Å²) in [7, 11) is 2.10. The Hall–Kier alpha value is -0.780. The molecule has 1 aliphatic rings. The fourth-order valence-electron chi connectivity index (χ4n) is 2.17. The number of ether oxygens (including phenoxy) is 1. The molecule has 1 aromatic rings. The highest BCUT2D eigenvalue weighted by atomic mass is 32.1. The molecule has 1 aliphatic heterocycles.